The van der Waals surface area contributed by atoms with Crippen LogP contribution in [0.2, 0.25) is 0 Å². The van der Waals surface area contributed by atoms with Gasteiger partial charge in [-0.25, -0.2) is 17.7 Å². The van der Waals surface area contributed by atoms with E-state index in [0.717, 1.165) is 4.31 Å². The summed E-state index contributed by atoms with van der Waals surface area (Å²) in [6, 6.07) is 2.90. The van der Waals surface area contributed by atoms with Gasteiger partial charge in [-0.05, 0) is 18.6 Å². The Morgan fingerprint density at radius 2 is 2.21 bits per heavy atom. The van der Waals surface area contributed by atoms with Crippen molar-refractivity contribution in [3.8, 4) is 0 Å². The number of nitrogen functional groups attached to an aromatic ring is 1. The zero-order chi connectivity index (χ0) is 14.5. The summed E-state index contributed by atoms with van der Waals surface area (Å²) in [6.45, 7) is 0.200. The Hall–Kier alpha value is -1.67. The van der Waals surface area contributed by atoms with Crippen LogP contribution in [0.3, 0.4) is 0 Å². The van der Waals surface area contributed by atoms with Gasteiger partial charge in [0.25, 0.3) is 0 Å². The molecule has 0 saturated carbocycles. The molecular formula is C11H17N3O4S. The number of sulfonamides is 1. The maximum Gasteiger partial charge on any atom is 0.305 e. The van der Waals surface area contributed by atoms with Gasteiger partial charge < -0.3 is 10.5 Å². The van der Waals surface area contributed by atoms with Crippen molar-refractivity contribution in [3.05, 3.63) is 18.3 Å². The third-order valence-electron chi connectivity index (χ3n) is 2.57. The molecule has 7 nitrogen and oxygen atoms in total. The first-order valence-corrected chi connectivity index (χ1v) is 7.07. The molecule has 0 aromatic carbocycles. The maximum absolute atomic E-state index is 12.2. The minimum Gasteiger partial charge on any atom is -0.469 e. The maximum atomic E-state index is 12.2. The molecule has 0 aliphatic heterocycles. The Bertz CT molecular complexity index is 545. The smallest absolute Gasteiger partial charge is 0.305 e. The molecule has 0 spiro atoms. The van der Waals surface area contributed by atoms with Gasteiger partial charge in [0.15, 0.2) is 0 Å². The molecule has 19 heavy (non-hydrogen) atoms. The largest absolute Gasteiger partial charge is 0.469 e. The number of esters is 1. The quantitative estimate of drug-likeness (QED) is 0.752. The third-order valence-corrected chi connectivity index (χ3v) is 4.47. The van der Waals surface area contributed by atoms with E-state index in [9.17, 15) is 13.2 Å². The molecule has 2 N–H and O–H groups in total. The number of carbonyl (C=O) groups excluding carboxylic acids is 1. The van der Waals surface area contributed by atoms with Crippen molar-refractivity contribution in [2.75, 3.05) is 26.4 Å². The third kappa shape index (κ3) is 3.90. The SMILES string of the molecule is COC(=O)CCCN(C)S(=O)(=O)c1cccnc1N. The van der Waals surface area contributed by atoms with E-state index in [1.165, 1.54) is 32.5 Å². The van der Waals surface area contributed by atoms with Crippen LogP contribution in [-0.2, 0) is 19.6 Å². The summed E-state index contributed by atoms with van der Waals surface area (Å²) in [4.78, 5) is 14.7. The van der Waals surface area contributed by atoms with Crippen LogP contribution >= 0.6 is 0 Å². The first kappa shape index (κ1) is 15.4. The number of hydrogen-bond donors (Lipinski definition) is 1. The molecule has 106 valence electrons. The van der Waals surface area contributed by atoms with Crippen molar-refractivity contribution in [1.29, 1.82) is 0 Å². The fourth-order valence-corrected chi connectivity index (χ4v) is 2.73. The van der Waals surface area contributed by atoms with Gasteiger partial charge in [0.2, 0.25) is 10.0 Å². The molecule has 1 rings (SSSR count). The van der Waals surface area contributed by atoms with Crippen LogP contribution in [0.5, 0.6) is 0 Å². The van der Waals surface area contributed by atoms with Crippen LogP contribution in [0.25, 0.3) is 0 Å². The van der Waals surface area contributed by atoms with E-state index in [4.69, 9.17) is 5.73 Å². The summed E-state index contributed by atoms with van der Waals surface area (Å²) >= 11 is 0. The Morgan fingerprint density at radius 3 is 2.79 bits per heavy atom. The van der Waals surface area contributed by atoms with E-state index in [1.54, 1.807) is 0 Å². The molecule has 1 aromatic rings. The minimum atomic E-state index is -3.68. The minimum absolute atomic E-state index is 0.0319. The predicted octanol–water partition coefficient (Wildman–Crippen LogP) is 0.238. The first-order chi connectivity index (χ1) is 8.89. The van der Waals surface area contributed by atoms with E-state index in [-0.39, 0.29) is 29.6 Å². The van der Waals surface area contributed by atoms with E-state index in [0.29, 0.717) is 6.42 Å². The highest BCUT2D eigenvalue weighted by Crippen LogP contribution is 2.19. The Morgan fingerprint density at radius 1 is 1.53 bits per heavy atom. The molecule has 0 bridgehead atoms. The average molecular weight is 287 g/mol. The molecule has 0 atom stereocenters. The summed E-state index contributed by atoms with van der Waals surface area (Å²) in [6.07, 6.45) is 1.97. The van der Waals surface area contributed by atoms with Gasteiger partial charge in [0.1, 0.15) is 10.7 Å². The topological polar surface area (TPSA) is 103 Å². The van der Waals surface area contributed by atoms with Crippen molar-refractivity contribution in [2.45, 2.75) is 17.7 Å². The average Bonchev–Trinajstić information content (AvgIpc) is 2.38. The van der Waals surface area contributed by atoms with Gasteiger partial charge in [-0.2, -0.15) is 0 Å². The number of nitrogens with zero attached hydrogens (tertiary/aromatic N) is 2. The summed E-state index contributed by atoms with van der Waals surface area (Å²) in [5, 5.41) is 0. The molecule has 0 fully saturated rings. The molecule has 1 aromatic heterocycles. The van der Waals surface area contributed by atoms with Crippen LogP contribution in [0.4, 0.5) is 5.82 Å². The molecule has 0 radical (unpaired) electrons. The number of ether oxygens (including phenoxy) is 1. The van der Waals surface area contributed by atoms with Crippen molar-refractivity contribution in [3.63, 3.8) is 0 Å². The highest BCUT2D eigenvalue weighted by atomic mass is 32.2. The number of hydrogen-bond acceptors (Lipinski definition) is 6. The lowest BCUT2D eigenvalue weighted by Crippen LogP contribution is -2.29. The highest BCUT2D eigenvalue weighted by Gasteiger charge is 2.23. The summed E-state index contributed by atoms with van der Waals surface area (Å²) in [5.74, 6) is -0.408. The second-order valence-electron chi connectivity index (χ2n) is 3.89. The number of nitrogens with two attached hydrogens (primary N) is 1. The van der Waals surface area contributed by atoms with Crippen LogP contribution in [0.15, 0.2) is 23.2 Å². The van der Waals surface area contributed by atoms with Crippen LogP contribution in [-0.4, -0.2) is 44.4 Å². The second kappa shape index (κ2) is 6.48. The zero-order valence-corrected chi connectivity index (χ0v) is 11.7. The number of rotatable bonds is 6. The van der Waals surface area contributed by atoms with Gasteiger partial charge in [-0.1, -0.05) is 0 Å². The normalized spacial score (nSPS) is 11.5. The van der Waals surface area contributed by atoms with Gasteiger partial charge in [0, 0.05) is 26.2 Å². The molecule has 0 saturated heterocycles. The standard InChI is InChI=1S/C11H17N3O4S/c1-14(8-4-6-10(15)18-2)19(16,17)9-5-3-7-13-11(9)12/h3,5,7H,4,6,8H2,1-2H3,(H2,12,13). The predicted molar refractivity (Wildman–Crippen MR) is 69.7 cm³/mol. The number of anilines is 1. The molecule has 1 heterocycles. The number of pyridine rings is 1. The molecule has 0 amide bonds. The fraction of sp³-hybridized carbons (Fsp3) is 0.455. The van der Waals surface area contributed by atoms with Gasteiger partial charge in [0.05, 0.1) is 7.11 Å². The summed E-state index contributed by atoms with van der Waals surface area (Å²) in [7, 11) is -0.960. The molecule has 0 aliphatic rings. The number of aromatic nitrogens is 1. The van der Waals surface area contributed by atoms with Crippen molar-refractivity contribution < 1.29 is 17.9 Å². The zero-order valence-electron chi connectivity index (χ0n) is 10.9. The van der Waals surface area contributed by atoms with Gasteiger partial charge in [-0.3, -0.25) is 4.79 Å². The Labute approximate surface area is 112 Å². The van der Waals surface area contributed by atoms with E-state index in [1.807, 2.05) is 0 Å². The second-order valence-corrected chi connectivity index (χ2v) is 5.91. The first-order valence-electron chi connectivity index (χ1n) is 5.63. The Balaban J connectivity index is 2.73. The van der Waals surface area contributed by atoms with Crippen molar-refractivity contribution >= 4 is 21.8 Å². The van der Waals surface area contributed by atoms with E-state index in [2.05, 4.69) is 9.72 Å². The lowest BCUT2D eigenvalue weighted by molar-refractivity contribution is -0.140. The lowest BCUT2D eigenvalue weighted by Gasteiger charge is -2.17. The van der Waals surface area contributed by atoms with E-state index >= 15 is 0 Å². The van der Waals surface area contributed by atoms with Crippen molar-refractivity contribution in [2.24, 2.45) is 0 Å². The highest BCUT2D eigenvalue weighted by molar-refractivity contribution is 7.89. The van der Waals surface area contributed by atoms with E-state index < -0.39 is 10.0 Å². The summed E-state index contributed by atoms with van der Waals surface area (Å²) in [5.41, 5.74) is 5.55. The van der Waals surface area contributed by atoms with Crippen LogP contribution in [0.1, 0.15) is 12.8 Å². The number of carbonyl (C=O) groups is 1. The lowest BCUT2D eigenvalue weighted by atomic mass is 10.3. The number of methoxy groups -OCH3 is 1. The monoisotopic (exact) mass is 287 g/mol. The van der Waals surface area contributed by atoms with Gasteiger partial charge >= 0.3 is 5.97 Å². The van der Waals surface area contributed by atoms with Crippen molar-refractivity contribution in [1.82, 2.24) is 9.29 Å². The molecule has 0 unspecified atom stereocenters. The van der Waals surface area contributed by atoms with Gasteiger partial charge in [-0.15, -0.1) is 0 Å². The van der Waals surface area contributed by atoms with Crippen LogP contribution < -0.4 is 5.73 Å². The summed E-state index contributed by atoms with van der Waals surface area (Å²) < 4.78 is 30.0. The fourth-order valence-electron chi connectivity index (χ4n) is 1.46. The van der Waals surface area contributed by atoms with Crippen LogP contribution in [0, 0.1) is 0 Å². The molecule has 0 aliphatic carbocycles. The molecule has 8 heteroatoms. The molecular weight excluding hydrogens is 270 g/mol. The Kier molecular flexibility index (Phi) is 5.25.